The average molecular weight is 299 g/mol. The molecular weight excluding hydrogens is 276 g/mol. The van der Waals surface area contributed by atoms with Crippen molar-refractivity contribution in [1.82, 2.24) is 5.32 Å². The fourth-order valence-corrected chi connectivity index (χ4v) is 3.66. The predicted molar refractivity (Wildman–Crippen MR) is 87.7 cm³/mol. The number of halogens is 1. The summed E-state index contributed by atoms with van der Waals surface area (Å²) in [6.45, 7) is 7.50. The number of anilines is 1. The number of rotatable bonds is 4. The van der Waals surface area contributed by atoms with E-state index < -0.39 is 0 Å². The van der Waals surface area contributed by atoms with Crippen molar-refractivity contribution >= 4 is 29.1 Å². The van der Waals surface area contributed by atoms with Crippen LogP contribution in [0.5, 0.6) is 0 Å². The van der Waals surface area contributed by atoms with Crippen LogP contribution in [0.15, 0.2) is 18.2 Å². The number of hydrogen-bond donors (Lipinski definition) is 1. The van der Waals surface area contributed by atoms with E-state index in [1.54, 1.807) is 0 Å². The van der Waals surface area contributed by atoms with Crippen molar-refractivity contribution in [2.45, 2.75) is 26.3 Å². The molecule has 1 aromatic rings. The molecule has 0 radical (unpaired) electrons. The zero-order chi connectivity index (χ0) is 13.7. The molecule has 1 heterocycles. The first-order valence-electron chi connectivity index (χ1n) is 7.08. The van der Waals surface area contributed by atoms with Crippen LogP contribution in [-0.4, -0.2) is 31.1 Å². The van der Waals surface area contributed by atoms with Crippen molar-refractivity contribution in [3.63, 3.8) is 0 Å². The number of nitrogens with one attached hydrogen (secondary N) is 1. The Kier molecular flexibility index (Phi) is 5.86. The summed E-state index contributed by atoms with van der Waals surface area (Å²) in [5.41, 5.74) is 2.46. The highest BCUT2D eigenvalue weighted by Crippen LogP contribution is 2.30. The van der Waals surface area contributed by atoms with Gasteiger partial charge in [-0.2, -0.15) is 11.8 Å². The van der Waals surface area contributed by atoms with Gasteiger partial charge < -0.3 is 10.2 Å². The van der Waals surface area contributed by atoms with Gasteiger partial charge in [0.25, 0.3) is 0 Å². The van der Waals surface area contributed by atoms with E-state index >= 15 is 0 Å². The van der Waals surface area contributed by atoms with Crippen LogP contribution in [0.25, 0.3) is 0 Å². The molecule has 0 aromatic heterocycles. The predicted octanol–water partition coefficient (Wildman–Crippen LogP) is 3.95. The minimum Gasteiger partial charge on any atom is -0.369 e. The van der Waals surface area contributed by atoms with Crippen molar-refractivity contribution in [3.05, 3.63) is 28.8 Å². The molecule has 1 aliphatic heterocycles. The van der Waals surface area contributed by atoms with Gasteiger partial charge in [-0.1, -0.05) is 24.6 Å². The maximum Gasteiger partial charge on any atom is 0.0642 e. The average Bonchev–Trinajstić information content (AvgIpc) is 2.67. The molecule has 19 heavy (non-hydrogen) atoms. The van der Waals surface area contributed by atoms with Gasteiger partial charge in [0.05, 0.1) is 10.7 Å². The van der Waals surface area contributed by atoms with E-state index in [1.807, 2.05) is 11.8 Å². The number of thioether (sulfide) groups is 1. The van der Waals surface area contributed by atoms with Gasteiger partial charge in [0.2, 0.25) is 0 Å². The molecule has 1 fully saturated rings. The minimum absolute atomic E-state index is 0.358. The molecule has 106 valence electrons. The summed E-state index contributed by atoms with van der Waals surface area (Å²) in [5, 5.41) is 4.31. The number of benzene rings is 1. The molecule has 1 saturated heterocycles. The zero-order valence-electron chi connectivity index (χ0n) is 11.8. The Hall–Kier alpha value is -0.380. The number of hydrogen-bond acceptors (Lipinski definition) is 3. The molecule has 1 aromatic carbocycles. The molecule has 1 atom stereocenters. The van der Waals surface area contributed by atoms with Crippen LogP contribution in [0.3, 0.4) is 0 Å². The van der Waals surface area contributed by atoms with E-state index in [0.29, 0.717) is 6.04 Å². The Morgan fingerprint density at radius 1 is 1.37 bits per heavy atom. The fourth-order valence-electron chi connectivity index (χ4n) is 2.46. The van der Waals surface area contributed by atoms with E-state index in [1.165, 1.54) is 29.2 Å². The molecule has 1 unspecified atom stereocenters. The van der Waals surface area contributed by atoms with E-state index in [-0.39, 0.29) is 0 Å². The Labute approximate surface area is 125 Å². The Balaban J connectivity index is 2.13. The second kappa shape index (κ2) is 7.41. The molecule has 2 nitrogen and oxygen atoms in total. The fraction of sp³-hybridized carbons (Fsp3) is 0.600. The summed E-state index contributed by atoms with van der Waals surface area (Å²) in [6, 6.07) is 6.85. The largest absolute Gasteiger partial charge is 0.369 e. The van der Waals surface area contributed by atoms with Gasteiger partial charge in [0.1, 0.15) is 0 Å². The van der Waals surface area contributed by atoms with Gasteiger partial charge in [0.15, 0.2) is 0 Å². The van der Waals surface area contributed by atoms with Crippen LogP contribution in [0.1, 0.15) is 31.9 Å². The van der Waals surface area contributed by atoms with Crippen molar-refractivity contribution in [2.24, 2.45) is 0 Å². The third-order valence-electron chi connectivity index (χ3n) is 3.54. The molecular formula is C15H23ClN2S. The third-order valence-corrected chi connectivity index (χ3v) is 4.90. The van der Waals surface area contributed by atoms with Crippen molar-refractivity contribution < 1.29 is 0 Å². The van der Waals surface area contributed by atoms with Gasteiger partial charge in [-0.3, -0.25) is 0 Å². The topological polar surface area (TPSA) is 15.3 Å². The summed E-state index contributed by atoms with van der Waals surface area (Å²) >= 11 is 8.52. The molecule has 2 rings (SSSR count). The van der Waals surface area contributed by atoms with E-state index in [2.05, 4.69) is 42.3 Å². The Bertz CT molecular complexity index is 403. The minimum atomic E-state index is 0.358. The Morgan fingerprint density at radius 3 is 2.95 bits per heavy atom. The van der Waals surface area contributed by atoms with Gasteiger partial charge in [-0.25, -0.2) is 0 Å². The van der Waals surface area contributed by atoms with Crippen molar-refractivity contribution in [3.8, 4) is 0 Å². The second-order valence-electron chi connectivity index (χ2n) is 4.94. The first-order valence-corrected chi connectivity index (χ1v) is 8.61. The van der Waals surface area contributed by atoms with Gasteiger partial charge in [-0.05, 0) is 43.3 Å². The van der Waals surface area contributed by atoms with E-state index in [9.17, 15) is 0 Å². The lowest BCUT2D eigenvalue weighted by molar-refractivity contribution is 0.598. The smallest absolute Gasteiger partial charge is 0.0642 e. The quantitative estimate of drug-likeness (QED) is 0.906. The second-order valence-corrected chi connectivity index (χ2v) is 6.58. The normalized spacial score (nSPS) is 18.2. The Morgan fingerprint density at radius 2 is 2.21 bits per heavy atom. The summed E-state index contributed by atoms with van der Waals surface area (Å²) < 4.78 is 0. The summed E-state index contributed by atoms with van der Waals surface area (Å²) in [4.78, 5) is 2.42. The molecule has 1 aliphatic rings. The van der Waals surface area contributed by atoms with E-state index in [4.69, 9.17) is 11.6 Å². The van der Waals surface area contributed by atoms with Crippen molar-refractivity contribution in [1.29, 1.82) is 0 Å². The highest BCUT2D eigenvalue weighted by atomic mass is 35.5. The van der Waals surface area contributed by atoms with Crippen LogP contribution < -0.4 is 10.2 Å². The SMILES string of the molecule is CCNC(C)c1ccc(N2CCCSCC2)c(Cl)c1. The summed E-state index contributed by atoms with van der Waals surface area (Å²) in [5.74, 6) is 2.47. The van der Waals surface area contributed by atoms with Crippen molar-refractivity contribution in [2.75, 3.05) is 36.0 Å². The van der Waals surface area contributed by atoms with Crippen LogP contribution in [-0.2, 0) is 0 Å². The van der Waals surface area contributed by atoms with Crippen LogP contribution in [0.2, 0.25) is 5.02 Å². The van der Waals surface area contributed by atoms with Gasteiger partial charge >= 0.3 is 0 Å². The third kappa shape index (κ3) is 4.04. The maximum absolute atomic E-state index is 6.48. The van der Waals surface area contributed by atoms with Crippen LogP contribution >= 0.6 is 23.4 Å². The highest BCUT2D eigenvalue weighted by Gasteiger charge is 2.14. The lowest BCUT2D eigenvalue weighted by atomic mass is 10.1. The van der Waals surface area contributed by atoms with Gasteiger partial charge in [0, 0.05) is 24.9 Å². The lowest BCUT2D eigenvalue weighted by Gasteiger charge is -2.24. The maximum atomic E-state index is 6.48. The lowest BCUT2D eigenvalue weighted by Crippen LogP contribution is -2.26. The first-order chi connectivity index (χ1) is 9.22. The summed E-state index contributed by atoms with van der Waals surface area (Å²) in [6.07, 6.45) is 1.25. The van der Waals surface area contributed by atoms with Crippen LogP contribution in [0, 0.1) is 0 Å². The molecule has 0 spiro atoms. The van der Waals surface area contributed by atoms with E-state index in [0.717, 1.165) is 24.7 Å². The zero-order valence-corrected chi connectivity index (χ0v) is 13.4. The molecule has 0 aliphatic carbocycles. The van der Waals surface area contributed by atoms with Crippen LogP contribution in [0.4, 0.5) is 5.69 Å². The standard InChI is InChI=1S/C15H23ClN2S/c1-3-17-12(2)13-5-6-15(14(16)11-13)18-7-4-9-19-10-8-18/h5-6,11-12,17H,3-4,7-10H2,1-2H3. The monoisotopic (exact) mass is 298 g/mol. The molecule has 4 heteroatoms. The highest BCUT2D eigenvalue weighted by molar-refractivity contribution is 7.99. The molecule has 0 amide bonds. The summed E-state index contributed by atoms with van der Waals surface area (Å²) in [7, 11) is 0. The molecule has 0 saturated carbocycles. The molecule has 0 bridgehead atoms. The van der Waals surface area contributed by atoms with Gasteiger partial charge in [-0.15, -0.1) is 0 Å². The first kappa shape index (κ1) is 15.0. The number of nitrogens with zero attached hydrogens (tertiary/aromatic N) is 1. The molecule has 1 N–H and O–H groups in total.